The molecule has 1 aromatic carbocycles. The van der Waals surface area contributed by atoms with Crippen LogP contribution in [0.5, 0.6) is 0 Å². The quantitative estimate of drug-likeness (QED) is 0.597. The first-order chi connectivity index (χ1) is 12.2. The molecule has 0 aliphatic rings. The molecule has 0 atom stereocenters. The van der Waals surface area contributed by atoms with Crippen molar-refractivity contribution in [1.82, 2.24) is 10.3 Å². The molecule has 0 unspecified atom stereocenters. The third-order valence-electron chi connectivity index (χ3n) is 4.04. The van der Waals surface area contributed by atoms with Crippen LogP contribution in [0.1, 0.15) is 42.1 Å². The molecule has 0 saturated heterocycles. The Labute approximate surface area is 151 Å². The minimum Gasteiger partial charge on any atom is -0.385 e. The molecule has 25 heavy (non-hydrogen) atoms. The van der Waals surface area contributed by atoms with Crippen molar-refractivity contribution in [2.24, 2.45) is 0 Å². The Hall–Kier alpha value is -2.39. The molecule has 3 nitrogen and oxygen atoms in total. The lowest BCUT2D eigenvalue weighted by molar-refractivity contribution is 0.625. The molecule has 2 N–H and O–H groups in total. The van der Waals surface area contributed by atoms with Crippen molar-refractivity contribution < 1.29 is 0 Å². The Balaban J connectivity index is 1.66. The summed E-state index contributed by atoms with van der Waals surface area (Å²) >= 11 is 0. The number of benzene rings is 1. The Morgan fingerprint density at radius 3 is 2.68 bits per heavy atom. The van der Waals surface area contributed by atoms with Crippen LogP contribution in [0.25, 0.3) is 12.2 Å². The van der Waals surface area contributed by atoms with E-state index in [4.69, 9.17) is 0 Å². The minimum atomic E-state index is 0.838. The lowest BCUT2D eigenvalue weighted by Crippen LogP contribution is -2.16. The molecule has 0 fully saturated rings. The van der Waals surface area contributed by atoms with Gasteiger partial charge in [-0.15, -0.1) is 0 Å². The fraction of sp³-hybridized carbons (Fsp3) is 0.318. The third kappa shape index (κ3) is 6.55. The highest BCUT2D eigenvalue weighted by atomic mass is 14.9. The predicted molar refractivity (Wildman–Crippen MR) is 110 cm³/mol. The van der Waals surface area contributed by atoms with Crippen molar-refractivity contribution in [2.45, 2.75) is 33.2 Å². The predicted octanol–water partition coefficient (Wildman–Crippen LogP) is 5.05. The van der Waals surface area contributed by atoms with Crippen LogP contribution in [-0.4, -0.2) is 18.1 Å². The number of rotatable bonds is 10. The molecule has 2 rings (SSSR count). The average Bonchev–Trinajstić information content (AvgIpc) is 2.61. The van der Waals surface area contributed by atoms with Gasteiger partial charge in [-0.1, -0.05) is 30.9 Å². The zero-order chi connectivity index (χ0) is 17.9. The summed E-state index contributed by atoms with van der Waals surface area (Å²) in [4.78, 5) is 4.36. The molecule has 0 aliphatic carbocycles. The van der Waals surface area contributed by atoms with Gasteiger partial charge >= 0.3 is 0 Å². The van der Waals surface area contributed by atoms with Gasteiger partial charge in [0.05, 0.1) is 5.69 Å². The zero-order valence-corrected chi connectivity index (χ0v) is 15.4. The molecule has 0 amide bonds. The van der Waals surface area contributed by atoms with E-state index in [2.05, 4.69) is 65.5 Å². The van der Waals surface area contributed by atoms with Crippen LogP contribution < -0.4 is 10.6 Å². The van der Waals surface area contributed by atoms with E-state index in [-0.39, 0.29) is 0 Å². The first kappa shape index (κ1) is 18.9. The maximum atomic E-state index is 4.36. The summed E-state index contributed by atoms with van der Waals surface area (Å²) in [5, 5.41) is 6.96. The number of allylic oxidation sites excluding steroid dienone is 1. The Morgan fingerprint density at radius 1 is 1.08 bits per heavy atom. The Bertz CT molecular complexity index is 704. The molecule has 0 aliphatic heterocycles. The third-order valence-corrected chi connectivity index (χ3v) is 4.04. The van der Waals surface area contributed by atoms with E-state index < -0.39 is 0 Å². The van der Waals surface area contributed by atoms with E-state index in [0.717, 1.165) is 49.4 Å². The van der Waals surface area contributed by atoms with Gasteiger partial charge in [-0.3, -0.25) is 4.98 Å². The fourth-order valence-corrected chi connectivity index (χ4v) is 2.71. The highest BCUT2D eigenvalue weighted by Crippen LogP contribution is 2.18. The van der Waals surface area contributed by atoms with E-state index >= 15 is 0 Å². The van der Waals surface area contributed by atoms with Crippen LogP contribution in [0, 0.1) is 6.92 Å². The topological polar surface area (TPSA) is 37.0 Å². The van der Waals surface area contributed by atoms with Crippen molar-refractivity contribution in [3.05, 3.63) is 71.6 Å². The number of hydrogen-bond acceptors (Lipinski definition) is 3. The fourth-order valence-electron chi connectivity index (χ4n) is 2.71. The summed E-state index contributed by atoms with van der Waals surface area (Å²) < 4.78 is 0. The van der Waals surface area contributed by atoms with Crippen LogP contribution in [0.15, 0.2) is 49.2 Å². The Kier molecular flexibility index (Phi) is 7.93. The number of nitrogens with zero attached hydrogens (tertiary/aromatic N) is 1. The standard InChI is InChI=1S/C22H29N3/c1-4-8-20-16-21(10-9-19(20)5-2)24-13-7-6-12-23-17-22-15-18(3)11-14-25-22/h4-5,8-11,14-16,23-24H,2,6-7,12-13,17H2,1,3H3/b8-4-. The molecular weight excluding hydrogens is 306 g/mol. The summed E-state index contributed by atoms with van der Waals surface area (Å²) in [5.41, 5.74) is 5.90. The van der Waals surface area contributed by atoms with Gasteiger partial charge < -0.3 is 10.6 Å². The normalized spacial score (nSPS) is 11.0. The number of aromatic nitrogens is 1. The summed E-state index contributed by atoms with van der Waals surface area (Å²) in [6.45, 7) is 10.8. The SMILES string of the molecule is C=Cc1ccc(NCCCCNCc2cc(C)ccn2)cc1/C=C\C. The van der Waals surface area contributed by atoms with Gasteiger partial charge in [-0.25, -0.2) is 0 Å². The zero-order valence-electron chi connectivity index (χ0n) is 15.4. The lowest BCUT2D eigenvalue weighted by atomic mass is 10.1. The van der Waals surface area contributed by atoms with Gasteiger partial charge in [0.2, 0.25) is 0 Å². The molecule has 0 radical (unpaired) electrons. The van der Waals surface area contributed by atoms with Gasteiger partial charge in [0, 0.05) is 25.0 Å². The van der Waals surface area contributed by atoms with Crippen LogP contribution >= 0.6 is 0 Å². The van der Waals surface area contributed by atoms with Gasteiger partial charge in [0.15, 0.2) is 0 Å². The molecule has 1 heterocycles. The molecule has 1 aromatic heterocycles. The van der Waals surface area contributed by atoms with Gasteiger partial charge in [-0.05, 0) is 74.2 Å². The monoisotopic (exact) mass is 335 g/mol. The molecule has 0 bridgehead atoms. The molecule has 0 spiro atoms. The van der Waals surface area contributed by atoms with Crippen molar-refractivity contribution >= 4 is 17.8 Å². The Morgan fingerprint density at radius 2 is 1.92 bits per heavy atom. The van der Waals surface area contributed by atoms with Crippen LogP contribution in [0.3, 0.4) is 0 Å². The second-order valence-corrected chi connectivity index (χ2v) is 6.18. The first-order valence-electron chi connectivity index (χ1n) is 8.98. The molecular formula is C22H29N3. The summed E-state index contributed by atoms with van der Waals surface area (Å²) in [6.07, 6.45) is 10.2. The number of unbranched alkanes of at least 4 members (excludes halogenated alkanes) is 1. The van der Waals surface area contributed by atoms with Crippen LogP contribution in [-0.2, 0) is 6.54 Å². The van der Waals surface area contributed by atoms with Crippen LogP contribution in [0.4, 0.5) is 5.69 Å². The van der Waals surface area contributed by atoms with Crippen molar-refractivity contribution in [3.8, 4) is 0 Å². The second-order valence-electron chi connectivity index (χ2n) is 6.18. The average molecular weight is 335 g/mol. The molecule has 132 valence electrons. The highest BCUT2D eigenvalue weighted by Gasteiger charge is 1.99. The number of anilines is 1. The maximum absolute atomic E-state index is 4.36. The van der Waals surface area contributed by atoms with Crippen molar-refractivity contribution in [3.63, 3.8) is 0 Å². The van der Waals surface area contributed by atoms with E-state index in [1.807, 2.05) is 25.3 Å². The van der Waals surface area contributed by atoms with E-state index in [9.17, 15) is 0 Å². The molecule has 0 saturated carbocycles. The summed E-state index contributed by atoms with van der Waals surface area (Å²) in [5.74, 6) is 0. The highest BCUT2D eigenvalue weighted by molar-refractivity contribution is 5.68. The van der Waals surface area contributed by atoms with E-state index in [1.165, 1.54) is 11.1 Å². The van der Waals surface area contributed by atoms with Crippen LogP contribution in [0.2, 0.25) is 0 Å². The minimum absolute atomic E-state index is 0.838. The largest absolute Gasteiger partial charge is 0.385 e. The summed E-state index contributed by atoms with van der Waals surface area (Å²) in [7, 11) is 0. The maximum Gasteiger partial charge on any atom is 0.0544 e. The lowest BCUT2D eigenvalue weighted by Gasteiger charge is -2.10. The van der Waals surface area contributed by atoms with E-state index in [1.54, 1.807) is 0 Å². The summed E-state index contributed by atoms with van der Waals surface area (Å²) in [6, 6.07) is 10.6. The van der Waals surface area contributed by atoms with Crippen molar-refractivity contribution in [2.75, 3.05) is 18.4 Å². The smallest absolute Gasteiger partial charge is 0.0544 e. The number of hydrogen-bond donors (Lipinski definition) is 2. The van der Waals surface area contributed by atoms with Gasteiger partial charge in [0.1, 0.15) is 0 Å². The first-order valence-corrected chi connectivity index (χ1v) is 8.98. The number of pyridine rings is 1. The molecule has 2 aromatic rings. The van der Waals surface area contributed by atoms with Gasteiger partial charge in [0.25, 0.3) is 0 Å². The van der Waals surface area contributed by atoms with Gasteiger partial charge in [-0.2, -0.15) is 0 Å². The molecule has 3 heteroatoms. The number of nitrogens with one attached hydrogen (secondary N) is 2. The number of aryl methyl sites for hydroxylation is 1. The second kappa shape index (κ2) is 10.5. The van der Waals surface area contributed by atoms with E-state index in [0.29, 0.717) is 0 Å². The van der Waals surface area contributed by atoms with Crippen molar-refractivity contribution in [1.29, 1.82) is 0 Å².